The van der Waals surface area contributed by atoms with Gasteiger partial charge in [0.25, 0.3) is 0 Å². The predicted molar refractivity (Wildman–Crippen MR) is 67.8 cm³/mol. The lowest BCUT2D eigenvalue weighted by Crippen LogP contribution is -2.39. The second-order valence-electron chi connectivity index (χ2n) is 5.27. The molecule has 0 fully saturated rings. The minimum Gasteiger partial charge on any atom is -0.353 e. The molecule has 0 saturated heterocycles. The Hall–Kier alpha value is -0.220. The van der Waals surface area contributed by atoms with Gasteiger partial charge in [-0.05, 0) is 18.8 Å². The third-order valence-corrected chi connectivity index (χ3v) is 2.49. The highest BCUT2D eigenvalue weighted by molar-refractivity contribution is 7.78. The van der Waals surface area contributed by atoms with Crippen LogP contribution in [0.15, 0.2) is 0 Å². The number of carbonyl (C=O) groups is 1. The van der Waals surface area contributed by atoms with Gasteiger partial charge in [-0.3, -0.25) is 9.52 Å². The molecule has 0 aliphatic rings. The maximum atomic E-state index is 11.5. The van der Waals surface area contributed by atoms with Gasteiger partial charge >= 0.3 is 0 Å². The van der Waals surface area contributed by atoms with E-state index in [-0.39, 0.29) is 23.3 Å². The fourth-order valence-corrected chi connectivity index (χ4v) is 2.00. The molecule has 0 aliphatic heterocycles. The van der Waals surface area contributed by atoms with Crippen LogP contribution in [0.5, 0.6) is 0 Å². The molecule has 4 heteroatoms. The average Bonchev–Trinajstić information content (AvgIpc) is 2.01. The van der Waals surface area contributed by atoms with Gasteiger partial charge in [-0.25, -0.2) is 0 Å². The van der Waals surface area contributed by atoms with Crippen molar-refractivity contribution in [1.82, 2.24) is 10.0 Å². The fourth-order valence-electron chi connectivity index (χ4n) is 1.58. The summed E-state index contributed by atoms with van der Waals surface area (Å²) in [4.78, 5) is 11.5. The minimum atomic E-state index is 0.0542. The molecule has 0 radical (unpaired) electrons. The van der Waals surface area contributed by atoms with Gasteiger partial charge in [-0.1, -0.05) is 40.5 Å². The zero-order chi connectivity index (χ0) is 12.1. The Morgan fingerprint density at radius 3 is 2.27 bits per heavy atom. The Morgan fingerprint density at radius 2 is 1.87 bits per heavy atom. The summed E-state index contributed by atoms with van der Waals surface area (Å²) in [7, 11) is 0. The molecular formula is C11H24N2OS. The second-order valence-corrected chi connectivity index (χ2v) is 5.58. The number of thiol groups is 1. The Bertz CT molecular complexity index is 205. The monoisotopic (exact) mass is 232 g/mol. The summed E-state index contributed by atoms with van der Waals surface area (Å²) in [5, 5.41) is 3.00. The van der Waals surface area contributed by atoms with Gasteiger partial charge in [0.15, 0.2) is 0 Å². The van der Waals surface area contributed by atoms with Crippen LogP contribution in [0.3, 0.4) is 0 Å². The zero-order valence-corrected chi connectivity index (χ0v) is 11.3. The van der Waals surface area contributed by atoms with Crippen molar-refractivity contribution in [2.24, 2.45) is 11.3 Å². The summed E-state index contributed by atoms with van der Waals surface area (Å²) in [6.45, 7) is 11.0. The van der Waals surface area contributed by atoms with Crippen LogP contribution in [0.2, 0.25) is 0 Å². The first-order chi connectivity index (χ1) is 6.78. The number of hydrogen-bond donors (Lipinski definition) is 3. The topological polar surface area (TPSA) is 41.1 Å². The number of nitrogens with one attached hydrogen (secondary N) is 2. The number of rotatable bonds is 6. The van der Waals surface area contributed by atoms with Gasteiger partial charge in [0.2, 0.25) is 5.91 Å². The molecule has 0 aliphatic carbocycles. The van der Waals surface area contributed by atoms with Gasteiger partial charge in [-0.2, -0.15) is 0 Å². The molecule has 0 aromatic rings. The molecule has 1 atom stereocenters. The molecule has 0 saturated carbocycles. The van der Waals surface area contributed by atoms with E-state index in [1.807, 2.05) is 20.8 Å². The lowest BCUT2D eigenvalue weighted by Gasteiger charge is -2.28. The summed E-state index contributed by atoms with van der Waals surface area (Å²) < 4.78 is 2.87. The first-order valence-corrected chi connectivity index (χ1v) is 5.90. The largest absolute Gasteiger partial charge is 0.353 e. The third kappa shape index (κ3) is 6.79. The van der Waals surface area contributed by atoms with Crippen LogP contribution in [0.25, 0.3) is 0 Å². The number of amides is 1. The van der Waals surface area contributed by atoms with Crippen molar-refractivity contribution in [3.8, 4) is 0 Å². The van der Waals surface area contributed by atoms with E-state index in [0.29, 0.717) is 0 Å². The van der Waals surface area contributed by atoms with Crippen LogP contribution < -0.4 is 10.0 Å². The summed E-state index contributed by atoms with van der Waals surface area (Å²) in [5.41, 5.74) is 0.144. The van der Waals surface area contributed by atoms with Crippen LogP contribution in [-0.2, 0) is 4.79 Å². The summed E-state index contributed by atoms with van der Waals surface area (Å²) >= 11 is 4.00. The van der Waals surface area contributed by atoms with Crippen LogP contribution in [0, 0.1) is 11.3 Å². The summed E-state index contributed by atoms with van der Waals surface area (Å²) in [6.07, 6.45) is 0.943. The lowest BCUT2D eigenvalue weighted by atomic mass is 9.86. The quantitative estimate of drug-likeness (QED) is 0.613. The van der Waals surface area contributed by atoms with E-state index in [9.17, 15) is 4.79 Å². The van der Waals surface area contributed by atoms with E-state index in [2.05, 4.69) is 36.7 Å². The van der Waals surface area contributed by atoms with Crippen molar-refractivity contribution < 1.29 is 4.79 Å². The van der Waals surface area contributed by atoms with Crippen LogP contribution in [-0.4, -0.2) is 18.5 Å². The highest BCUT2D eigenvalue weighted by atomic mass is 32.1. The van der Waals surface area contributed by atoms with Crippen molar-refractivity contribution in [1.29, 1.82) is 0 Å². The molecule has 15 heavy (non-hydrogen) atoms. The molecule has 0 rings (SSSR count). The van der Waals surface area contributed by atoms with E-state index in [4.69, 9.17) is 0 Å². The van der Waals surface area contributed by atoms with E-state index in [0.717, 1.165) is 13.0 Å². The molecule has 1 amide bonds. The van der Waals surface area contributed by atoms with Crippen LogP contribution in [0.1, 0.15) is 41.0 Å². The standard InChI is InChI=1S/C11H24N2OS/c1-8(2)10(14)13-9(3)6-11(4,5)7-12-15/h8-9,12,15H,6-7H2,1-5H3,(H,13,14). The van der Waals surface area contributed by atoms with Crippen molar-refractivity contribution >= 4 is 18.7 Å². The van der Waals surface area contributed by atoms with Crippen molar-refractivity contribution in [2.45, 2.75) is 47.1 Å². The molecule has 0 aromatic carbocycles. The van der Waals surface area contributed by atoms with Gasteiger partial charge in [0.05, 0.1) is 0 Å². The summed E-state index contributed by atoms with van der Waals surface area (Å²) in [6, 6.07) is 0.205. The predicted octanol–water partition coefficient (Wildman–Crippen LogP) is 2.00. The van der Waals surface area contributed by atoms with Crippen LogP contribution >= 0.6 is 12.8 Å². The third-order valence-electron chi connectivity index (χ3n) is 2.33. The SMILES string of the molecule is CC(CC(C)(C)CNS)NC(=O)C(C)C. The molecule has 0 spiro atoms. The molecular weight excluding hydrogens is 208 g/mol. The smallest absolute Gasteiger partial charge is 0.222 e. The zero-order valence-electron chi connectivity index (χ0n) is 10.4. The molecule has 90 valence electrons. The van der Waals surface area contributed by atoms with Gasteiger partial charge in [0, 0.05) is 18.5 Å². The van der Waals surface area contributed by atoms with Gasteiger partial charge in [0.1, 0.15) is 0 Å². The molecule has 1 unspecified atom stereocenters. The minimum absolute atomic E-state index is 0.0542. The first kappa shape index (κ1) is 14.8. The van der Waals surface area contributed by atoms with Gasteiger partial charge < -0.3 is 5.32 Å². The lowest BCUT2D eigenvalue weighted by molar-refractivity contribution is -0.124. The molecule has 0 aromatic heterocycles. The average molecular weight is 232 g/mol. The number of hydrogen-bond acceptors (Lipinski definition) is 3. The molecule has 0 bridgehead atoms. The Kier molecular flexibility index (Phi) is 6.29. The number of carbonyl (C=O) groups excluding carboxylic acids is 1. The van der Waals surface area contributed by atoms with Crippen molar-refractivity contribution in [3.05, 3.63) is 0 Å². The second kappa shape index (κ2) is 6.38. The first-order valence-electron chi connectivity index (χ1n) is 5.46. The van der Waals surface area contributed by atoms with E-state index in [1.54, 1.807) is 0 Å². The maximum Gasteiger partial charge on any atom is 0.222 e. The highest BCUT2D eigenvalue weighted by Gasteiger charge is 2.21. The van der Waals surface area contributed by atoms with Gasteiger partial charge in [-0.15, -0.1) is 0 Å². The molecule has 3 nitrogen and oxygen atoms in total. The van der Waals surface area contributed by atoms with Crippen molar-refractivity contribution in [3.63, 3.8) is 0 Å². The highest BCUT2D eigenvalue weighted by Crippen LogP contribution is 2.21. The van der Waals surface area contributed by atoms with Crippen molar-refractivity contribution in [2.75, 3.05) is 6.54 Å². The molecule has 2 N–H and O–H groups in total. The molecule has 0 heterocycles. The maximum absolute atomic E-state index is 11.5. The Balaban J connectivity index is 4.02. The normalized spacial score (nSPS) is 14.1. The summed E-state index contributed by atoms with van der Waals surface area (Å²) in [5.74, 6) is 0.177. The fraction of sp³-hybridized carbons (Fsp3) is 0.909. The van der Waals surface area contributed by atoms with Crippen LogP contribution in [0.4, 0.5) is 0 Å². The van der Waals surface area contributed by atoms with E-state index < -0.39 is 0 Å². The Labute approximate surface area is 98.9 Å². The van der Waals surface area contributed by atoms with E-state index in [1.165, 1.54) is 0 Å². The van der Waals surface area contributed by atoms with E-state index >= 15 is 0 Å². The Morgan fingerprint density at radius 1 is 1.33 bits per heavy atom.